The van der Waals surface area contributed by atoms with Crippen LogP contribution in [-0.2, 0) is 19.1 Å². The predicted molar refractivity (Wildman–Crippen MR) is 126 cm³/mol. The Morgan fingerprint density at radius 3 is 1.56 bits per heavy atom. The highest BCUT2D eigenvalue weighted by Gasteiger charge is 2.32. The van der Waals surface area contributed by atoms with Crippen molar-refractivity contribution < 1.29 is 19.1 Å². The first-order chi connectivity index (χ1) is 15.4. The number of hydrogen-bond acceptors (Lipinski definition) is 6. The van der Waals surface area contributed by atoms with Gasteiger partial charge in [0.25, 0.3) is 0 Å². The van der Waals surface area contributed by atoms with E-state index in [9.17, 15) is 9.59 Å². The summed E-state index contributed by atoms with van der Waals surface area (Å²) in [6, 6.07) is -1.23. The molecule has 1 aromatic heterocycles. The standard InChI is InChI=1S/C25H45N3O4/c1-21(2)15-11-7-5-9-13-17-31-24(29)23(28-20-26-19-27-28)25(30)32-18-14-10-6-8-12-16-22(3)4/h19-23H,5-18H2,1-4H3. The van der Waals surface area contributed by atoms with Crippen molar-refractivity contribution in [1.29, 1.82) is 0 Å². The van der Waals surface area contributed by atoms with Crippen molar-refractivity contribution in [1.82, 2.24) is 14.8 Å². The van der Waals surface area contributed by atoms with Crippen molar-refractivity contribution in [2.24, 2.45) is 11.8 Å². The Labute approximate surface area is 194 Å². The molecule has 1 rings (SSSR count). The van der Waals surface area contributed by atoms with E-state index in [0.29, 0.717) is 13.2 Å². The van der Waals surface area contributed by atoms with E-state index in [1.54, 1.807) is 0 Å². The minimum atomic E-state index is -1.23. The second-order valence-corrected chi connectivity index (χ2v) is 9.51. The van der Waals surface area contributed by atoms with Gasteiger partial charge in [-0.05, 0) is 24.7 Å². The second kappa shape index (κ2) is 17.6. The number of hydrogen-bond donors (Lipinski definition) is 0. The third-order valence-electron chi connectivity index (χ3n) is 5.49. The van der Waals surface area contributed by atoms with Gasteiger partial charge in [-0.25, -0.2) is 19.3 Å². The van der Waals surface area contributed by atoms with Gasteiger partial charge < -0.3 is 9.47 Å². The number of unbranched alkanes of at least 4 members (excludes halogenated alkanes) is 8. The zero-order valence-electron chi connectivity index (χ0n) is 20.8. The van der Waals surface area contributed by atoms with Gasteiger partial charge in [0.1, 0.15) is 12.7 Å². The van der Waals surface area contributed by atoms with Crippen LogP contribution in [0.4, 0.5) is 0 Å². The molecule has 184 valence electrons. The van der Waals surface area contributed by atoms with E-state index in [-0.39, 0.29) is 0 Å². The van der Waals surface area contributed by atoms with Crippen LogP contribution in [0.15, 0.2) is 12.7 Å². The molecule has 0 bridgehead atoms. The molecule has 0 aliphatic rings. The topological polar surface area (TPSA) is 83.3 Å². The molecule has 0 spiro atoms. The van der Waals surface area contributed by atoms with E-state index in [1.807, 2.05) is 0 Å². The minimum absolute atomic E-state index is 0.303. The molecule has 0 unspecified atom stereocenters. The molecule has 0 fully saturated rings. The van der Waals surface area contributed by atoms with Crippen LogP contribution in [-0.4, -0.2) is 39.9 Å². The summed E-state index contributed by atoms with van der Waals surface area (Å²) < 4.78 is 11.9. The summed E-state index contributed by atoms with van der Waals surface area (Å²) in [5.74, 6) is 0.237. The Hall–Kier alpha value is -1.92. The predicted octanol–water partition coefficient (Wildman–Crippen LogP) is 5.90. The van der Waals surface area contributed by atoms with Gasteiger partial charge in [0.2, 0.25) is 6.04 Å². The normalized spacial score (nSPS) is 11.5. The Balaban J connectivity index is 2.27. The quantitative estimate of drug-likeness (QED) is 0.148. The van der Waals surface area contributed by atoms with Crippen molar-refractivity contribution >= 4 is 11.9 Å². The summed E-state index contributed by atoms with van der Waals surface area (Å²) in [6.07, 6.45) is 15.9. The van der Waals surface area contributed by atoms with E-state index in [2.05, 4.69) is 37.8 Å². The number of carbonyl (C=O) groups excluding carboxylic acids is 2. The summed E-state index contributed by atoms with van der Waals surface area (Å²) in [6.45, 7) is 9.57. The Bertz CT molecular complexity index is 566. The molecule has 7 heteroatoms. The molecule has 0 amide bonds. The van der Waals surface area contributed by atoms with Gasteiger partial charge in [0.05, 0.1) is 13.2 Å². The first kappa shape index (κ1) is 28.1. The maximum atomic E-state index is 12.5. The van der Waals surface area contributed by atoms with Gasteiger partial charge in [-0.3, -0.25) is 0 Å². The number of nitrogens with zero attached hydrogens (tertiary/aromatic N) is 3. The third-order valence-corrected chi connectivity index (χ3v) is 5.49. The highest BCUT2D eigenvalue weighted by Crippen LogP contribution is 2.14. The van der Waals surface area contributed by atoms with Crippen LogP contribution in [0, 0.1) is 11.8 Å². The van der Waals surface area contributed by atoms with Gasteiger partial charge >= 0.3 is 11.9 Å². The first-order valence-electron chi connectivity index (χ1n) is 12.6. The van der Waals surface area contributed by atoms with Crippen LogP contribution in [0.25, 0.3) is 0 Å². The smallest absolute Gasteiger partial charge is 0.342 e. The summed E-state index contributed by atoms with van der Waals surface area (Å²) in [7, 11) is 0. The van der Waals surface area contributed by atoms with E-state index in [0.717, 1.165) is 50.4 Å². The summed E-state index contributed by atoms with van der Waals surface area (Å²) >= 11 is 0. The number of ether oxygens (including phenoxy) is 2. The summed E-state index contributed by atoms with van der Waals surface area (Å²) in [5, 5.41) is 3.95. The van der Waals surface area contributed by atoms with E-state index in [4.69, 9.17) is 9.47 Å². The molecule has 0 N–H and O–H groups in total. The molecule has 0 saturated heterocycles. The van der Waals surface area contributed by atoms with Gasteiger partial charge in [0, 0.05) is 0 Å². The Morgan fingerprint density at radius 2 is 1.16 bits per heavy atom. The van der Waals surface area contributed by atoms with E-state index < -0.39 is 18.0 Å². The van der Waals surface area contributed by atoms with Crippen molar-refractivity contribution in [3.63, 3.8) is 0 Å². The van der Waals surface area contributed by atoms with Crippen LogP contribution >= 0.6 is 0 Å². The highest BCUT2D eigenvalue weighted by molar-refractivity contribution is 5.97. The molecule has 0 aliphatic heterocycles. The SMILES string of the molecule is CC(C)CCCCCCCOC(=O)C(C(=O)OCCCCCCCC(C)C)n1cncn1. The summed E-state index contributed by atoms with van der Waals surface area (Å²) in [4.78, 5) is 28.9. The maximum Gasteiger partial charge on any atom is 0.342 e. The molecule has 7 nitrogen and oxygen atoms in total. The van der Waals surface area contributed by atoms with Gasteiger partial charge in [-0.2, -0.15) is 5.10 Å². The van der Waals surface area contributed by atoms with Crippen molar-refractivity contribution in [3.05, 3.63) is 12.7 Å². The molecule has 32 heavy (non-hydrogen) atoms. The molecule has 0 aliphatic carbocycles. The van der Waals surface area contributed by atoms with Gasteiger partial charge in [-0.1, -0.05) is 91.9 Å². The third kappa shape index (κ3) is 13.5. The van der Waals surface area contributed by atoms with Gasteiger partial charge in [-0.15, -0.1) is 0 Å². The molecule has 1 aromatic rings. The Kier molecular flexibility index (Phi) is 15.5. The largest absolute Gasteiger partial charge is 0.464 e. The van der Waals surface area contributed by atoms with Crippen LogP contribution in [0.3, 0.4) is 0 Å². The lowest BCUT2D eigenvalue weighted by molar-refractivity contribution is -0.161. The summed E-state index contributed by atoms with van der Waals surface area (Å²) in [5.41, 5.74) is 0. The monoisotopic (exact) mass is 451 g/mol. The molecular weight excluding hydrogens is 406 g/mol. The fourth-order valence-electron chi connectivity index (χ4n) is 3.54. The van der Waals surface area contributed by atoms with Crippen molar-refractivity contribution in [3.8, 4) is 0 Å². The zero-order chi connectivity index (χ0) is 23.6. The molecule has 0 atom stereocenters. The molecule has 0 radical (unpaired) electrons. The molecular formula is C25H45N3O4. The average molecular weight is 452 g/mol. The average Bonchev–Trinajstić information content (AvgIpc) is 3.25. The second-order valence-electron chi connectivity index (χ2n) is 9.51. The number of aromatic nitrogens is 3. The highest BCUT2D eigenvalue weighted by atomic mass is 16.6. The Morgan fingerprint density at radius 1 is 0.719 bits per heavy atom. The number of esters is 2. The zero-order valence-corrected chi connectivity index (χ0v) is 20.8. The van der Waals surface area contributed by atoms with Crippen LogP contribution in [0.5, 0.6) is 0 Å². The maximum absolute atomic E-state index is 12.5. The number of rotatable bonds is 19. The lowest BCUT2D eigenvalue weighted by Crippen LogP contribution is -2.32. The van der Waals surface area contributed by atoms with Gasteiger partial charge in [0.15, 0.2) is 0 Å². The fourth-order valence-corrected chi connectivity index (χ4v) is 3.54. The first-order valence-corrected chi connectivity index (χ1v) is 12.6. The van der Waals surface area contributed by atoms with Crippen LogP contribution < -0.4 is 0 Å². The lowest BCUT2D eigenvalue weighted by atomic mass is 10.0. The number of carbonyl (C=O) groups is 2. The van der Waals surface area contributed by atoms with E-state index >= 15 is 0 Å². The lowest BCUT2D eigenvalue weighted by Gasteiger charge is -2.15. The van der Waals surface area contributed by atoms with Crippen LogP contribution in [0.2, 0.25) is 0 Å². The molecule has 0 saturated carbocycles. The minimum Gasteiger partial charge on any atom is -0.464 e. The van der Waals surface area contributed by atoms with E-state index in [1.165, 1.54) is 55.9 Å². The fraction of sp³-hybridized carbons (Fsp3) is 0.840. The molecule has 1 heterocycles. The van der Waals surface area contributed by atoms with Crippen molar-refractivity contribution in [2.75, 3.05) is 13.2 Å². The molecule has 0 aromatic carbocycles. The van der Waals surface area contributed by atoms with Crippen molar-refractivity contribution in [2.45, 2.75) is 111 Å². The van der Waals surface area contributed by atoms with Crippen LogP contribution in [0.1, 0.15) is 111 Å².